The molecule has 0 aliphatic heterocycles. The van der Waals surface area contributed by atoms with Crippen LogP contribution in [0.4, 0.5) is 13.2 Å². The number of nitrogens with one attached hydrogen (secondary N) is 1. The smallest absolute Gasteiger partial charge is 0.275 e. The van der Waals surface area contributed by atoms with Gasteiger partial charge in [0, 0.05) is 41.5 Å². The lowest BCUT2D eigenvalue weighted by Crippen LogP contribution is -1.94. The Kier molecular flexibility index (Phi) is 3.48. The topological polar surface area (TPSA) is 72.3 Å². The first-order valence-electron chi connectivity index (χ1n) is 7.30. The zero-order chi connectivity index (χ0) is 17.6. The molecule has 0 spiro atoms. The summed E-state index contributed by atoms with van der Waals surface area (Å²) in [6, 6.07) is 2.59. The van der Waals surface area contributed by atoms with Gasteiger partial charge in [-0.15, -0.1) is 0 Å². The molecule has 0 atom stereocenters. The third-order valence-corrected chi connectivity index (χ3v) is 3.76. The number of aromatic nitrogens is 6. The number of hydrogen-bond donors (Lipinski definition) is 1. The Bertz CT molecular complexity index is 1070. The Morgan fingerprint density at radius 1 is 1.12 bits per heavy atom. The molecular formula is C16H11F3N6. The number of rotatable bonds is 3. The number of hydrogen-bond acceptors (Lipinski definition) is 4. The molecule has 0 saturated carbocycles. The van der Waals surface area contributed by atoms with E-state index in [2.05, 4.69) is 25.3 Å². The van der Waals surface area contributed by atoms with E-state index in [0.717, 1.165) is 6.20 Å². The van der Waals surface area contributed by atoms with Crippen LogP contribution in [0, 0.1) is 5.82 Å². The maximum atomic E-state index is 13.5. The summed E-state index contributed by atoms with van der Waals surface area (Å²) in [5.41, 5.74) is 1.80. The number of pyridine rings is 2. The Balaban J connectivity index is 2.00. The van der Waals surface area contributed by atoms with Crippen LogP contribution in [0.1, 0.15) is 12.1 Å². The van der Waals surface area contributed by atoms with Gasteiger partial charge in [0.05, 0.1) is 12.4 Å². The fourth-order valence-corrected chi connectivity index (χ4v) is 2.72. The summed E-state index contributed by atoms with van der Waals surface area (Å²) in [6.45, 7) is 0. The molecule has 0 radical (unpaired) electrons. The van der Waals surface area contributed by atoms with Gasteiger partial charge < -0.3 is 0 Å². The summed E-state index contributed by atoms with van der Waals surface area (Å²) in [5.74, 6) is -0.509. The molecule has 0 aromatic carbocycles. The highest BCUT2D eigenvalue weighted by atomic mass is 19.3. The second-order valence-electron chi connectivity index (χ2n) is 5.48. The molecule has 0 fully saturated rings. The highest BCUT2D eigenvalue weighted by Crippen LogP contribution is 2.36. The molecule has 0 unspecified atom stereocenters. The number of halogens is 3. The first kappa shape index (κ1) is 15.3. The van der Waals surface area contributed by atoms with E-state index in [1.54, 1.807) is 13.2 Å². The van der Waals surface area contributed by atoms with Crippen LogP contribution in [-0.2, 0) is 7.05 Å². The van der Waals surface area contributed by atoms with E-state index in [0.29, 0.717) is 27.8 Å². The number of fused-ring (bicyclic) bond motifs is 1. The minimum atomic E-state index is -2.73. The predicted molar refractivity (Wildman–Crippen MR) is 84.2 cm³/mol. The van der Waals surface area contributed by atoms with Gasteiger partial charge in [-0.25, -0.2) is 18.2 Å². The quantitative estimate of drug-likeness (QED) is 0.617. The van der Waals surface area contributed by atoms with E-state index in [-0.39, 0.29) is 11.3 Å². The van der Waals surface area contributed by atoms with Crippen molar-refractivity contribution in [2.24, 2.45) is 7.05 Å². The van der Waals surface area contributed by atoms with Crippen LogP contribution in [0.3, 0.4) is 0 Å². The largest absolute Gasteiger partial charge is 0.280 e. The van der Waals surface area contributed by atoms with Crippen LogP contribution in [0.5, 0.6) is 0 Å². The van der Waals surface area contributed by atoms with Crippen molar-refractivity contribution in [2.75, 3.05) is 0 Å². The third kappa shape index (κ3) is 2.63. The van der Waals surface area contributed by atoms with Crippen LogP contribution < -0.4 is 0 Å². The first-order valence-corrected chi connectivity index (χ1v) is 7.30. The molecule has 25 heavy (non-hydrogen) atoms. The summed E-state index contributed by atoms with van der Waals surface area (Å²) < 4.78 is 41.5. The van der Waals surface area contributed by atoms with Crippen molar-refractivity contribution in [2.45, 2.75) is 6.43 Å². The molecular weight excluding hydrogens is 333 g/mol. The normalized spacial score (nSPS) is 11.6. The van der Waals surface area contributed by atoms with Crippen molar-refractivity contribution < 1.29 is 13.2 Å². The van der Waals surface area contributed by atoms with E-state index in [4.69, 9.17) is 0 Å². The highest BCUT2D eigenvalue weighted by molar-refractivity contribution is 5.96. The van der Waals surface area contributed by atoms with Gasteiger partial charge in [0.15, 0.2) is 5.65 Å². The Labute approximate surface area is 139 Å². The van der Waals surface area contributed by atoms with Crippen LogP contribution >= 0.6 is 0 Å². The van der Waals surface area contributed by atoms with E-state index < -0.39 is 12.2 Å². The van der Waals surface area contributed by atoms with Gasteiger partial charge >= 0.3 is 0 Å². The minimum Gasteiger partial charge on any atom is -0.275 e. The second kappa shape index (κ2) is 5.69. The second-order valence-corrected chi connectivity index (χ2v) is 5.48. The zero-order valence-electron chi connectivity index (χ0n) is 12.9. The maximum absolute atomic E-state index is 13.5. The predicted octanol–water partition coefficient (Wildman–Crippen LogP) is 3.50. The van der Waals surface area contributed by atoms with Gasteiger partial charge in [-0.2, -0.15) is 10.2 Å². The fourth-order valence-electron chi connectivity index (χ4n) is 2.72. The van der Waals surface area contributed by atoms with Crippen molar-refractivity contribution in [3.63, 3.8) is 0 Å². The Hall–Kier alpha value is -3.23. The van der Waals surface area contributed by atoms with Gasteiger partial charge in [-0.05, 0) is 12.1 Å². The van der Waals surface area contributed by atoms with Gasteiger partial charge in [0.25, 0.3) is 6.43 Å². The molecule has 6 nitrogen and oxygen atoms in total. The van der Waals surface area contributed by atoms with E-state index >= 15 is 0 Å². The molecule has 0 saturated heterocycles. The van der Waals surface area contributed by atoms with Crippen molar-refractivity contribution in [1.82, 2.24) is 29.9 Å². The maximum Gasteiger partial charge on any atom is 0.280 e. The van der Waals surface area contributed by atoms with E-state index in [1.807, 2.05) is 0 Å². The lowest BCUT2D eigenvalue weighted by Gasteiger charge is -2.07. The van der Waals surface area contributed by atoms with Gasteiger partial charge in [0.2, 0.25) is 0 Å². The molecule has 0 amide bonds. The minimum absolute atomic E-state index is 0.250. The fraction of sp³-hybridized carbons (Fsp3) is 0.125. The Morgan fingerprint density at radius 3 is 2.72 bits per heavy atom. The number of H-pyrrole nitrogens is 1. The van der Waals surface area contributed by atoms with Crippen LogP contribution in [0.2, 0.25) is 0 Å². The Morgan fingerprint density at radius 2 is 1.96 bits per heavy atom. The summed E-state index contributed by atoms with van der Waals surface area (Å²) >= 11 is 0. The molecule has 4 heterocycles. The van der Waals surface area contributed by atoms with Gasteiger partial charge in [-0.1, -0.05) is 0 Å². The van der Waals surface area contributed by atoms with Crippen molar-refractivity contribution >= 4 is 11.0 Å². The molecule has 9 heteroatoms. The molecule has 4 aromatic rings. The zero-order valence-corrected chi connectivity index (χ0v) is 12.9. The van der Waals surface area contributed by atoms with Crippen LogP contribution in [0.25, 0.3) is 33.4 Å². The molecule has 0 bridgehead atoms. The molecule has 126 valence electrons. The molecule has 0 aliphatic rings. The average Bonchev–Trinajstić information content (AvgIpc) is 3.20. The number of nitrogens with zero attached hydrogens (tertiary/aromatic N) is 5. The lowest BCUT2D eigenvalue weighted by atomic mass is 10.0. The van der Waals surface area contributed by atoms with E-state index in [1.165, 1.54) is 29.2 Å². The van der Waals surface area contributed by atoms with Crippen LogP contribution in [-0.4, -0.2) is 29.9 Å². The van der Waals surface area contributed by atoms with Crippen molar-refractivity contribution in [3.8, 4) is 22.4 Å². The molecule has 0 aliphatic carbocycles. The summed E-state index contributed by atoms with van der Waals surface area (Å²) in [6.07, 6.45) is 3.01. The average molecular weight is 344 g/mol. The first-order chi connectivity index (χ1) is 12.0. The van der Waals surface area contributed by atoms with Crippen molar-refractivity contribution in [3.05, 3.63) is 48.4 Å². The third-order valence-electron chi connectivity index (χ3n) is 3.76. The SMILES string of the molecule is Cn1cc(-c2cc(C(F)F)nc3[nH]ncc23)c(-c2cncc(F)c2)n1. The highest BCUT2D eigenvalue weighted by Gasteiger charge is 2.20. The van der Waals surface area contributed by atoms with Crippen molar-refractivity contribution in [1.29, 1.82) is 0 Å². The summed E-state index contributed by atoms with van der Waals surface area (Å²) in [4.78, 5) is 7.70. The number of aromatic amines is 1. The lowest BCUT2D eigenvalue weighted by molar-refractivity contribution is 0.146. The number of aryl methyl sites for hydroxylation is 1. The standard InChI is InChI=1S/C16H11F3N6/c1-25-7-12(14(24-25)8-2-9(17)5-20-4-8)10-3-13(15(18)19)22-16-11(10)6-21-23-16/h2-7,15H,1H3,(H,21,22,23). The molecule has 1 N–H and O–H groups in total. The molecule has 4 aromatic heterocycles. The van der Waals surface area contributed by atoms with Gasteiger partial charge in [0.1, 0.15) is 17.2 Å². The van der Waals surface area contributed by atoms with Gasteiger partial charge in [-0.3, -0.25) is 14.8 Å². The van der Waals surface area contributed by atoms with E-state index in [9.17, 15) is 13.2 Å². The number of alkyl halides is 2. The summed E-state index contributed by atoms with van der Waals surface area (Å²) in [7, 11) is 1.70. The monoisotopic (exact) mass is 344 g/mol. The molecule has 4 rings (SSSR count). The summed E-state index contributed by atoms with van der Waals surface area (Å²) in [5, 5.41) is 11.4. The van der Waals surface area contributed by atoms with Crippen LogP contribution in [0.15, 0.2) is 36.9 Å².